The first-order valence-electron chi connectivity index (χ1n) is 8.77. The van der Waals surface area contributed by atoms with Crippen LogP contribution in [0.2, 0.25) is 0 Å². The lowest BCUT2D eigenvalue weighted by atomic mass is 9.80. The Morgan fingerprint density at radius 1 is 1.08 bits per heavy atom. The fourth-order valence-electron chi connectivity index (χ4n) is 3.41. The molecule has 0 aliphatic carbocycles. The Morgan fingerprint density at radius 3 is 2.46 bits per heavy atom. The van der Waals surface area contributed by atoms with E-state index >= 15 is 0 Å². The number of hydrogen-bond acceptors (Lipinski definition) is 7. The maximum atomic E-state index is 12.3. The molecule has 4 rings (SSSR count). The van der Waals surface area contributed by atoms with Crippen LogP contribution in [0, 0.1) is 0 Å². The molecule has 0 radical (unpaired) electrons. The highest BCUT2D eigenvalue weighted by atomic mass is 32.2. The number of aromatic nitrogens is 2. The van der Waals surface area contributed by atoms with E-state index in [1.165, 1.54) is 0 Å². The van der Waals surface area contributed by atoms with Gasteiger partial charge in [0.05, 0.1) is 5.69 Å². The van der Waals surface area contributed by atoms with Crippen LogP contribution in [0.4, 0.5) is 11.6 Å². The Bertz CT molecular complexity index is 835. The fourth-order valence-corrected chi connectivity index (χ4v) is 4.40. The zero-order valence-electron chi connectivity index (χ0n) is 14.4. The van der Waals surface area contributed by atoms with Crippen LogP contribution in [0.3, 0.4) is 0 Å². The van der Waals surface area contributed by atoms with Crippen LogP contribution in [0.1, 0.15) is 11.3 Å². The van der Waals surface area contributed by atoms with E-state index in [-0.39, 0.29) is 5.56 Å². The second kappa shape index (κ2) is 7.34. The van der Waals surface area contributed by atoms with Gasteiger partial charge in [0.2, 0.25) is 5.95 Å². The Hall–Kier alpha value is -1.97. The molecule has 3 heterocycles. The summed E-state index contributed by atoms with van der Waals surface area (Å²) in [5, 5.41) is 18.4. The van der Waals surface area contributed by atoms with Crippen LogP contribution in [-0.4, -0.2) is 59.1 Å². The van der Waals surface area contributed by atoms with Crippen LogP contribution in [0.25, 0.3) is 0 Å². The number of hydrogen-bond donors (Lipinski definition) is 3. The highest BCUT2D eigenvalue weighted by Gasteiger charge is 2.22. The number of H-pyrrole nitrogens is 1. The Morgan fingerprint density at radius 2 is 1.77 bits per heavy atom. The molecule has 7 nitrogen and oxygen atoms in total. The van der Waals surface area contributed by atoms with Gasteiger partial charge in [-0.05, 0) is 29.8 Å². The molecule has 0 bridgehead atoms. The predicted octanol–water partition coefficient (Wildman–Crippen LogP) is -0.434. The van der Waals surface area contributed by atoms with E-state index in [1.807, 2.05) is 12.1 Å². The molecule has 2 aliphatic rings. The van der Waals surface area contributed by atoms with Gasteiger partial charge in [0, 0.05) is 43.2 Å². The molecule has 0 amide bonds. The zero-order valence-corrected chi connectivity index (χ0v) is 15.2. The third-order valence-electron chi connectivity index (χ3n) is 4.95. The van der Waals surface area contributed by atoms with Crippen LogP contribution in [-0.2, 0) is 12.2 Å². The molecule has 2 aliphatic heterocycles. The molecule has 2 aromatic rings. The Kier molecular flexibility index (Phi) is 4.93. The van der Waals surface area contributed by atoms with Crippen molar-refractivity contribution in [2.24, 2.45) is 0 Å². The van der Waals surface area contributed by atoms with Crippen LogP contribution in [0.5, 0.6) is 0 Å². The number of rotatable bonds is 3. The van der Waals surface area contributed by atoms with Crippen molar-refractivity contribution in [2.75, 3.05) is 41.7 Å². The summed E-state index contributed by atoms with van der Waals surface area (Å²) >= 11 is 1.78. The van der Waals surface area contributed by atoms with E-state index in [9.17, 15) is 14.8 Å². The highest BCUT2D eigenvalue weighted by molar-refractivity contribution is 7.98. The summed E-state index contributed by atoms with van der Waals surface area (Å²) in [7, 11) is -1.44. The van der Waals surface area contributed by atoms with Gasteiger partial charge >= 0.3 is 7.12 Å². The van der Waals surface area contributed by atoms with Crippen molar-refractivity contribution in [1.29, 1.82) is 0 Å². The van der Waals surface area contributed by atoms with Gasteiger partial charge in [0.25, 0.3) is 5.56 Å². The molecular weight excluding hydrogens is 351 g/mol. The summed E-state index contributed by atoms with van der Waals surface area (Å²) in [5.41, 5.74) is 3.31. The Balaban J connectivity index is 1.45. The number of aromatic amines is 1. The van der Waals surface area contributed by atoms with Crippen molar-refractivity contribution in [3.8, 4) is 0 Å². The van der Waals surface area contributed by atoms with Gasteiger partial charge in [-0.15, -0.1) is 0 Å². The third-order valence-corrected chi connectivity index (χ3v) is 5.94. The molecule has 1 fully saturated rings. The molecule has 0 atom stereocenters. The van der Waals surface area contributed by atoms with Crippen molar-refractivity contribution >= 4 is 36.0 Å². The Labute approximate surface area is 156 Å². The molecule has 3 N–H and O–H groups in total. The average molecular weight is 372 g/mol. The molecular formula is C17H21BN4O3S. The van der Waals surface area contributed by atoms with Gasteiger partial charge in [-0.3, -0.25) is 9.78 Å². The molecule has 9 heteroatoms. The summed E-state index contributed by atoms with van der Waals surface area (Å²) in [4.78, 5) is 24.4. The van der Waals surface area contributed by atoms with Gasteiger partial charge in [-0.2, -0.15) is 11.8 Å². The van der Waals surface area contributed by atoms with E-state index < -0.39 is 7.12 Å². The molecule has 1 aromatic heterocycles. The molecule has 1 saturated heterocycles. The van der Waals surface area contributed by atoms with E-state index in [2.05, 4.69) is 14.8 Å². The average Bonchev–Trinajstić information content (AvgIpc) is 2.68. The first-order chi connectivity index (χ1) is 12.6. The number of aryl methyl sites for hydroxylation is 1. The van der Waals surface area contributed by atoms with E-state index in [1.54, 1.807) is 23.9 Å². The molecule has 0 saturated carbocycles. The van der Waals surface area contributed by atoms with Crippen molar-refractivity contribution in [3.63, 3.8) is 0 Å². The summed E-state index contributed by atoms with van der Waals surface area (Å²) in [6.45, 7) is 3.19. The number of piperazine rings is 1. The standard InChI is InChI=1S/C17H21BN4O3S/c23-16-14-11-26-10-5-15(14)19-17(20-16)22-8-6-21(7-9-22)13-3-1-12(2-4-13)18(24)25/h1-4,24-25H,5-11H2,(H,19,20,23). The van der Waals surface area contributed by atoms with Crippen molar-refractivity contribution in [1.82, 2.24) is 9.97 Å². The lowest BCUT2D eigenvalue weighted by Gasteiger charge is -2.36. The van der Waals surface area contributed by atoms with Gasteiger partial charge in [0.1, 0.15) is 0 Å². The van der Waals surface area contributed by atoms with E-state index in [4.69, 9.17) is 4.98 Å². The first kappa shape index (κ1) is 17.4. The minimum atomic E-state index is -1.44. The largest absolute Gasteiger partial charge is 0.488 e. The second-order valence-corrected chi connectivity index (χ2v) is 7.66. The third kappa shape index (κ3) is 3.47. The zero-order chi connectivity index (χ0) is 18.1. The number of benzene rings is 1. The van der Waals surface area contributed by atoms with Crippen LogP contribution >= 0.6 is 11.8 Å². The van der Waals surface area contributed by atoms with Gasteiger partial charge in [-0.1, -0.05) is 12.1 Å². The monoisotopic (exact) mass is 372 g/mol. The normalized spacial score (nSPS) is 17.2. The molecule has 26 heavy (non-hydrogen) atoms. The summed E-state index contributed by atoms with van der Waals surface area (Å²) in [5.74, 6) is 2.46. The molecule has 1 aromatic carbocycles. The van der Waals surface area contributed by atoms with E-state index in [0.717, 1.165) is 61.1 Å². The molecule has 136 valence electrons. The molecule has 0 spiro atoms. The van der Waals surface area contributed by atoms with Crippen molar-refractivity contribution in [2.45, 2.75) is 12.2 Å². The SMILES string of the molecule is O=c1[nH]c(N2CCN(c3ccc(B(O)O)cc3)CC2)nc2c1CSCC2. The molecule has 0 unspecified atom stereocenters. The minimum Gasteiger partial charge on any atom is -0.423 e. The number of thioether (sulfide) groups is 1. The maximum absolute atomic E-state index is 12.3. The van der Waals surface area contributed by atoms with Crippen molar-refractivity contribution in [3.05, 3.63) is 45.9 Å². The predicted molar refractivity (Wildman–Crippen MR) is 105 cm³/mol. The van der Waals surface area contributed by atoms with Crippen LogP contribution < -0.4 is 20.8 Å². The number of nitrogens with zero attached hydrogens (tertiary/aromatic N) is 3. The van der Waals surface area contributed by atoms with Gasteiger partial charge in [-0.25, -0.2) is 4.98 Å². The number of fused-ring (bicyclic) bond motifs is 1. The summed E-state index contributed by atoms with van der Waals surface area (Å²) in [6.07, 6.45) is 0.861. The van der Waals surface area contributed by atoms with Crippen molar-refractivity contribution < 1.29 is 10.0 Å². The van der Waals surface area contributed by atoms with Gasteiger partial charge in [0.15, 0.2) is 0 Å². The first-order valence-corrected chi connectivity index (χ1v) is 9.93. The topological polar surface area (TPSA) is 92.7 Å². The highest BCUT2D eigenvalue weighted by Crippen LogP contribution is 2.22. The van der Waals surface area contributed by atoms with E-state index in [0.29, 0.717) is 11.4 Å². The van der Waals surface area contributed by atoms with Gasteiger partial charge < -0.3 is 19.8 Å². The lowest BCUT2D eigenvalue weighted by Crippen LogP contribution is -2.47. The maximum Gasteiger partial charge on any atom is 0.488 e. The smallest absolute Gasteiger partial charge is 0.423 e. The van der Waals surface area contributed by atoms with Crippen LogP contribution in [0.15, 0.2) is 29.1 Å². The minimum absolute atomic E-state index is 0.00206. The number of anilines is 2. The summed E-state index contributed by atoms with van der Waals surface area (Å²) in [6, 6.07) is 7.27. The fraction of sp³-hybridized carbons (Fsp3) is 0.412. The summed E-state index contributed by atoms with van der Waals surface area (Å²) < 4.78 is 0. The number of nitrogens with one attached hydrogen (secondary N) is 1. The lowest BCUT2D eigenvalue weighted by molar-refractivity contribution is 0.426. The quantitative estimate of drug-likeness (QED) is 0.630. The second-order valence-electron chi connectivity index (χ2n) is 6.56.